The Balaban J connectivity index is 1.79. The zero-order valence-corrected chi connectivity index (χ0v) is 20.0. The van der Waals surface area contributed by atoms with E-state index in [9.17, 15) is 24.5 Å². The van der Waals surface area contributed by atoms with Crippen LogP contribution in [-0.2, 0) is 34.4 Å². The van der Waals surface area contributed by atoms with Gasteiger partial charge in [0.15, 0.2) is 18.5 Å². The highest BCUT2D eigenvalue weighted by molar-refractivity contribution is 7.47. The van der Waals surface area contributed by atoms with Gasteiger partial charge in [-0.1, -0.05) is 47.5 Å². The smallest absolute Gasteiger partial charge is 0.453 e. The van der Waals surface area contributed by atoms with Crippen molar-refractivity contribution in [1.29, 1.82) is 0 Å². The van der Waals surface area contributed by atoms with Gasteiger partial charge in [-0.05, 0) is 31.5 Å². The largest absolute Gasteiger partial charge is 0.473 e. The standard InChI is InChI=1S/C23H29O10P/c1-14-4-8-16(9-5-14)13-30-34(27,28)33-21-20(19(25)18(12-24)31-23(21)29-3)32-22(26)17-10-6-15(2)7-11-17/h4-11,18-21,23-25H,12-13H2,1-3H3,(H,27,28)/t18-,19+,20+,21+,23-/m1/s1. The molecule has 2 aromatic rings. The number of phosphoric ester groups is 1. The minimum absolute atomic E-state index is 0.195. The van der Waals surface area contributed by atoms with Crippen molar-refractivity contribution < 1.29 is 47.7 Å². The molecule has 3 rings (SSSR count). The topological polar surface area (TPSA) is 141 Å². The average molecular weight is 496 g/mol. The lowest BCUT2D eigenvalue weighted by atomic mass is 9.99. The molecule has 0 spiro atoms. The highest BCUT2D eigenvalue weighted by atomic mass is 31.2. The number of ether oxygens (including phenoxy) is 3. The van der Waals surface area contributed by atoms with E-state index in [1.807, 2.05) is 26.0 Å². The first kappa shape index (κ1) is 26.5. The Morgan fingerprint density at radius 3 is 2.18 bits per heavy atom. The van der Waals surface area contributed by atoms with E-state index >= 15 is 0 Å². The number of methoxy groups -OCH3 is 1. The minimum Gasteiger partial charge on any atom is -0.453 e. The molecule has 11 heteroatoms. The average Bonchev–Trinajstić information content (AvgIpc) is 2.81. The summed E-state index contributed by atoms with van der Waals surface area (Å²) in [7, 11) is -3.49. The fraction of sp³-hybridized carbons (Fsp3) is 0.435. The quantitative estimate of drug-likeness (QED) is 0.350. The zero-order valence-electron chi connectivity index (χ0n) is 19.1. The van der Waals surface area contributed by atoms with E-state index in [0.717, 1.165) is 11.1 Å². The first-order chi connectivity index (χ1) is 16.1. The molecule has 0 aromatic heterocycles. The summed E-state index contributed by atoms with van der Waals surface area (Å²) in [6.45, 7) is 2.91. The van der Waals surface area contributed by atoms with Crippen molar-refractivity contribution in [3.8, 4) is 0 Å². The molecule has 34 heavy (non-hydrogen) atoms. The van der Waals surface area contributed by atoms with Gasteiger partial charge in [0.05, 0.1) is 18.8 Å². The highest BCUT2D eigenvalue weighted by Crippen LogP contribution is 2.48. The SMILES string of the molecule is CO[C@@H]1O[C@H](CO)[C@H](O)[C@H](OC(=O)c2ccc(C)cc2)[C@@H]1OP(=O)(O)OCc1ccc(C)cc1. The predicted molar refractivity (Wildman–Crippen MR) is 120 cm³/mol. The lowest BCUT2D eigenvalue weighted by Crippen LogP contribution is -2.61. The molecule has 0 saturated carbocycles. The van der Waals surface area contributed by atoms with Gasteiger partial charge < -0.3 is 29.3 Å². The Bertz CT molecular complexity index is 994. The van der Waals surface area contributed by atoms with Gasteiger partial charge in [-0.15, -0.1) is 0 Å². The summed E-state index contributed by atoms with van der Waals surface area (Å²) in [6, 6.07) is 13.6. The van der Waals surface area contributed by atoms with Gasteiger partial charge in [0.1, 0.15) is 12.2 Å². The maximum Gasteiger partial charge on any atom is 0.473 e. The number of esters is 1. The van der Waals surface area contributed by atoms with Crippen molar-refractivity contribution in [2.75, 3.05) is 13.7 Å². The second kappa shape index (κ2) is 11.5. The Morgan fingerprint density at radius 1 is 1.03 bits per heavy atom. The maximum atomic E-state index is 12.7. The van der Waals surface area contributed by atoms with E-state index < -0.39 is 51.1 Å². The normalized spacial score (nSPS) is 26.6. The summed E-state index contributed by atoms with van der Waals surface area (Å²) in [6.07, 6.45) is -7.15. The van der Waals surface area contributed by atoms with Crippen molar-refractivity contribution in [3.63, 3.8) is 0 Å². The van der Waals surface area contributed by atoms with Gasteiger partial charge in [0.2, 0.25) is 0 Å². The summed E-state index contributed by atoms with van der Waals surface area (Å²) in [5.41, 5.74) is 2.77. The van der Waals surface area contributed by atoms with Crippen LogP contribution in [0.5, 0.6) is 0 Å². The maximum absolute atomic E-state index is 12.7. The Kier molecular flexibility index (Phi) is 8.97. The van der Waals surface area contributed by atoms with Crippen LogP contribution in [0.2, 0.25) is 0 Å². The molecule has 2 aromatic carbocycles. The molecule has 1 aliphatic rings. The Labute approximate surface area is 197 Å². The number of hydrogen-bond donors (Lipinski definition) is 3. The monoisotopic (exact) mass is 496 g/mol. The van der Waals surface area contributed by atoms with Crippen molar-refractivity contribution >= 4 is 13.8 Å². The van der Waals surface area contributed by atoms with Gasteiger partial charge in [-0.3, -0.25) is 9.05 Å². The molecule has 1 heterocycles. The number of carbonyl (C=O) groups is 1. The lowest BCUT2D eigenvalue weighted by molar-refractivity contribution is -0.290. The van der Waals surface area contributed by atoms with Crippen LogP contribution in [0.25, 0.3) is 0 Å². The molecule has 1 unspecified atom stereocenters. The van der Waals surface area contributed by atoms with Gasteiger partial charge >= 0.3 is 13.8 Å². The third-order valence-corrected chi connectivity index (χ3v) is 6.30. The number of hydrogen-bond acceptors (Lipinski definition) is 9. The number of phosphoric acid groups is 1. The third-order valence-electron chi connectivity index (χ3n) is 5.33. The lowest BCUT2D eigenvalue weighted by Gasteiger charge is -2.42. The van der Waals surface area contributed by atoms with Crippen LogP contribution in [0.1, 0.15) is 27.0 Å². The van der Waals surface area contributed by atoms with Crippen molar-refractivity contribution in [2.24, 2.45) is 0 Å². The van der Waals surface area contributed by atoms with Crippen LogP contribution in [0, 0.1) is 13.8 Å². The van der Waals surface area contributed by atoms with Crippen LogP contribution in [0.3, 0.4) is 0 Å². The summed E-state index contributed by atoms with van der Waals surface area (Å²) in [5.74, 6) is -0.806. The Morgan fingerprint density at radius 2 is 1.62 bits per heavy atom. The number of rotatable bonds is 9. The van der Waals surface area contributed by atoms with Crippen LogP contribution in [0.4, 0.5) is 0 Å². The minimum atomic E-state index is -4.73. The Hall–Kier alpha value is -2.14. The highest BCUT2D eigenvalue weighted by Gasteiger charge is 2.51. The van der Waals surface area contributed by atoms with E-state index in [4.69, 9.17) is 23.3 Å². The fourth-order valence-electron chi connectivity index (χ4n) is 3.38. The van der Waals surface area contributed by atoms with Gasteiger partial charge in [-0.2, -0.15) is 0 Å². The van der Waals surface area contributed by atoms with Crippen LogP contribution < -0.4 is 0 Å². The van der Waals surface area contributed by atoms with Gasteiger partial charge in [-0.25, -0.2) is 9.36 Å². The molecule has 186 valence electrons. The molecule has 0 amide bonds. The molecule has 0 bridgehead atoms. The molecule has 10 nitrogen and oxygen atoms in total. The zero-order chi connectivity index (χ0) is 24.9. The molecular weight excluding hydrogens is 467 g/mol. The van der Waals surface area contributed by atoms with Crippen LogP contribution in [0.15, 0.2) is 48.5 Å². The molecule has 3 N–H and O–H groups in total. The van der Waals surface area contributed by atoms with Crippen LogP contribution in [-0.4, -0.2) is 65.5 Å². The molecule has 0 radical (unpaired) electrons. The second-order valence-electron chi connectivity index (χ2n) is 7.99. The molecule has 6 atom stereocenters. The first-order valence-electron chi connectivity index (χ1n) is 10.6. The summed E-state index contributed by atoms with van der Waals surface area (Å²) >= 11 is 0. The van der Waals surface area contributed by atoms with Crippen molar-refractivity contribution in [2.45, 2.75) is 51.2 Å². The number of aliphatic hydroxyl groups is 2. The number of aryl methyl sites for hydroxylation is 2. The molecular formula is C23H29O10P. The second-order valence-corrected chi connectivity index (χ2v) is 9.39. The molecule has 1 saturated heterocycles. The van der Waals surface area contributed by atoms with Gasteiger partial charge in [0, 0.05) is 7.11 Å². The summed E-state index contributed by atoms with van der Waals surface area (Å²) in [4.78, 5) is 23.0. The third kappa shape index (κ3) is 6.71. The van der Waals surface area contributed by atoms with E-state index in [0.29, 0.717) is 5.56 Å². The van der Waals surface area contributed by atoms with E-state index in [2.05, 4.69) is 0 Å². The van der Waals surface area contributed by atoms with Crippen molar-refractivity contribution in [3.05, 3.63) is 70.8 Å². The van der Waals surface area contributed by atoms with E-state index in [1.165, 1.54) is 19.2 Å². The fourth-order valence-corrected chi connectivity index (χ4v) is 4.28. The molecule has 1 fully saturated rings. The number of aliphatic hydroxyl groups excluding tert-OH is 2. The summed E-state index contributed by atoms with van der Waals surface area (Å²) < 4.78 is 39.2. The summed E-state index contributed by atoms with van der Waals surface area (Å²) in [5, 5.41) is 20.2. The van der Waals surface area contributed by atoms with E-state index in [-0.39, 0.29) is 12.2 Å². The predicted octanol–water partition coefficient (Wildman–Crippen LogP) is 2.26. The number of benzene rings is 2. The molecule has 1 aliphatic heterocycles. The van der Waals surface area contributed by atoms with E-state index in [1.54, 1.807) is 24.3 Å². The first-order valence-corrected chi connectivity index (χ1v) is 12.1. The van der Waals surface area contributed by atoms with Crippen molar-refractivity contribution in [1.82, 2.24) is 0 Å². The van der Waals surface area contributed by atoms with Crippen LogP contribution >= 0.6 is 7.82 Å². The van der Waals surface area contributed by atoms with Gasteiger partial charge in [0.25, 0.3) is 0 Å². The number of carbonyl (C=O) groups excluding carboxylic acids is 1. The molecule has 0 aliphatic carbocycles.